The molecule has 7 heteroatoms. The molecule has 0 spiro atoms. The summed E-state index contributed by atoms with van der Waals surface area (Å²) in [6.07, 6.45) is 3.33. The van der Waals surface area contributed by atoms with E-state index in [-0.39, 0.29) is 0 Å². The zero-order chi connectivity index (χ0) is 14.5. The molecular formula is C13H14Cl2N4S. The van der Waals surface area contributed by atoms with E-state index in [9.17, 15) is 0 Å². The summed E-state index contributed by atoms with van der Waals surface area (Å²) in [7, 11) is 0. The van der Waals surface area contributed by atoms with Crippen molar-refractivity contribution in [3.05, 3.63) is 40.1 Å². The summed E-state index contributed by atoms with van der Waals surface area (Å²) in [5.41, 5.74) is 3.62. The predicted molar refractivity (Wildman–Crippen MR) is 84.4 cm³/mol. The molecule has 1 aromatic carbocycles. The number of nitrogens with one attached hydrogen (secondary N) is 1. The van der Waals surface area contributed by atoms with Crippen LogP contribution in [-0.2, 0) is 6.42 Å². The van der Waals surface area contributed by atoms with Crippen molar-refractivity contribution in [2.24, 2.45) is 5.84 Å². The Labute approximate surface area is 132 Å². The Morgan fingerprint density at radius 1 is 1.25 bits per heavy atom. The topological polar surface area (TPSA) is 63.8 Å². The van der Waals surface area contributed by atoms with Crippen LogP contribution < -0.4 is 11.3 Å². The minimum atomic E-state index is 0.528. The Morgan fingerprint density at radius 2 is 2.05 bits per heavy atom. The van der Waals surface area contributed by atoms with E-state index in [1.54, 1.807) is 6.07 Å². The molecule has 0 unspecified atom stereocenters. The van der Waals surface area contributed by atoms with Crippen molar-refractivity contribution in [3.8, 4) is 0 Å². The molecule has 0 aliphatic carbocycles. The highest BCUT2D eigenvalue weighted by Crippen LogP contribution is 2.34. The number of hydrogen-bond acceptors (Lipinski definition) is 5. The Balaban J connectivity index is 2.34. The first-order valence-corrected chi connectivity index (χ1v) is 7.66. The van der Waals surface area contributed by atoms with Gasteiger partial charge < -0.3 is 5.43 Å². The average Bonchev–Trinajstić information content (AvgIpc) is 2.45. The summed E-state index contributed by atoms with van der Waals surface area (Å²) < 4.78 is 0. The third-order valence-corrected chi connectivity index (χ3v) is 4.42. The maximum atomic E-state index is 6.03. The van der Waals surface area contributed by atoms with E-state index < -0.39 is 0 Å². The number of halogens is 2. The molecule has 0 saturated carbocycles. The Kier molecular flexibility index (Phi) is 5.48. The first kappa shape index (κ1) is 15.4. The smallest absolute Gasteiger partial charge is 0.147 e. The standard InChI is InChI=1S/C13H14Cl2N4S/c1-2-3-9-12(19-16)17-7-18-13(9)20-8-4-5-10(14)11(15)6-8/h4-7H,2-3,16H2,1H3,(H,17,18,19). The molecule has 20 heavy (non-hydrogen) atoms. The van der Waals surface area contributed by atoms with Crippen LogP contribution in [0.4, 0.5) is 5.82 Å². The fourth-order valence-corrected chi connectivity index (χ4v) is 3.06. The van der Waals surface area contributed by atoms with E-state index in [4.69, 9.17) is 29.0 Å². The van der Waals surface area contributed by atoms with Crippen molar-refractivity contribution < 1.29 is 0 Å². The molecule has 0 amide bonds. The highest BCUT2D eigenvalue weighted by Gasteiger charge is 2.12. The third kappa shape index (κ3) is 3.55. The first-order chi connectivity index (χ1) is 9.65. The number of nitrogens with zero attached hydrogens (tertiary/aromatic N) is 2. The predicted octanol–water partition coefficient (Wildman–Crippen LogP) is 4.17. The fraction of sp³-hybridized carbons (Fsp3) is 0.231. The number of benzene rings is 1. The zero-order valence-electron chi connectivity index (χ0n) is 10.9. The van der Waals surface area contributed by atoms with Crippen LogP contribution in [0.15, 0.2) is 34.4 Å². The van der Waals surface area contributed by atoms with E-state index in [2.05, 4.69) is 22.3 Å². The average molecular weight is 329 g/mol. The van der Waals surface area contributed by atoms with Gasteiger partial charge in [-0.25, -0.2) is 15.8 Å². The molecule has 1 aromatic heterocycles. The fourth-order valence-electron chi connectivity index (χ4n) is 1.74. The van der Waals surface area contributed by atoms with Gasteiger partial charge in [-0.3, -0.25) is 0 Å². The van der Waals surface area contributed by atoms with Crippen LogP contribution in [-0.4, -0.2) is 9.97 Å². The lowest BCUT2D eigenvalue weighted by Gasteiger charge is -2.11. The minimum Gasteiger partial charge on any atom is -0.308 e. The Hall–Kier alpha value is -1.01. The van der Waals surface area contributed by atoms with E-state index in [0.29, 0.717) is 15.9 Å². The third-order valence-electron chi connectivity index (χ3n) is 2.65. The van der Waals surface area contributed by atoms with Crippen molar-refractivity contribution >= 4 is 40.8 Å². The molecule has 0 aliphatic heterocycles. The van der Waals surface area contributed by atoms with Crippen LogP contribution in [0, 0.1) is 0 Å². The van der Waals surface area contributed by atoms with Gasteiger partial charge in [-0.2, -0.15) is 0 Å². The van der Waals surface area contributed by atoms with Gasteiger partial charge in [0, 0.05) is 10.5 Å². The lowest BCUT2D eigenvalue weighted by atomic mass is 10.2. The van der Waals surface area contributed by atoms with Crippen LogP contribution >= 0.6 is 35.0 Å². The van der Waals surface area contributed by atoms with Crippen LogP contribution in [0.1, 0.15) is 18.9 Å². The molecule has 0 atom stereocenters. The molecule has 0 fully saturated rings. The number of anilines is 1. The molecule has 2 rings (SSSR count). The lowest BCUT2D eigenvalue weighted by molar-refractivity contribution is 0.856. The summed E-state index contributed by atoms with van der Waals surface area (Å²) in [4.78, 5) is 9.45. The maximum Gasteiger partial charge on any atom is 0.147 e. The van der Waals surface area contributed by atoms with E-state index >= 15 is 0 Å². The Morgan fingerprint density at radius 3 is 2.70 bits per heavy atom. The molecule has 0 bridgehead atoms. The first-order valence-electron chi connectivity index (χ1n) is 6.09. The van der Waals surface area contributed by atoms with Crippen molar-refractivity contribution in [2.75, 3.05) is 5.43 Å². The molecule has 4 nitrogen and oxygen atoms in total. The largest absolute Gasteiger partial charge is 0.308 e. The van der Waals surface area contributed by atoms with Crippen molar-refractivity contribution in [3.63, 3.8) is 0 Å². The summed E-state index contributed by atoms with van der Waals surface area (Å²) in [6, 6.07) is 5.50. The van der Waals surface area contributed by atoms with Crippen LogP contribution in [0.3, 0.4) is 0 Å². The van der Waals surface area contributed by atoms with Gasteiger partial charge in [0.1, 0.15) is 17.2 Å². The lowest BCUT2D eigenvalue weighted by Crippen LogP contribution is -2.12. The van der Waals surface area contributed by atoms with Crippen molar-refractivity contribution in [2.45, 2.75) is 29.7 Å². The molecule has 0 radical (unpaired) electrons. The SMILES string of the molecule is CCCc1c(NN)ncnc1Sc1ccc(Cl)c(Cl)c1. The van der Waals surface area contributed by atoms with Gasteiger partial charge in [-0.1, -0.05) is 48.3 Å². The van der Waals surface area contributed by atoms with Crippen LogP contribution in [0.2, 0.25) is 10.0 Å². The second-order valence-electron chi connectivity index (χ2n) is 4.08. The molecule has 0 aliphatic rings. The second-order valence-corrected chi connectivity index (χ2v) is 5.95. The van der Waals surface area contributed by atoms with Gasteiger partial charge in [0.15, 0.2) is 0 Å². The van der Waals surface area contributed by atoms with E-state index in [1.165, 1.54) is 18.1 Å². The number of nitrogens with two attached hydrogens (primary N) is 1. The quantitative estimate of drug-likeness (QED) is 0.490. The molecule has 0 saturated heterocycles. The monoisotopic (exact) mass is 328 g/mol. The molecule has 3 N–H and O–H groups in total. The molecule has 1 heterocycles. The second kappa shape index (κ2) is 7.13. The normalized spacial score (nSPS) is 10.6. The van der Waals surface area contributed by atoms with Gasteiger partial charge in [0.25, 0.3) is 0 Å². The molecule has 2 aromatic rings. The number of hydrazine groups is 1. The number of aromatic nitrogens is 2. The highest BCUT2D eigenvalue weighted by atomic mass is 35.5. The summed E-state index contributed by atoms with van der Waals surface area (Å²) >= 11 is 13.5. The number of rotatable bonds is 5. The van der Waals surface area contributed by atoms with Crippen LogP contribution in [0.5, 0.6) is 0 Å². The van der Waals surface area contributed by atoms with Gasteiger partial charge in [-0.05, 0) is 24.6 Å². The summed E-state index contributed by atoms with van der Waals surface area (Å²) in [5, 5.41) is 1.94. The van der Waals surface area contributed by atoms with Gasteiger partial charge in [0.05, 0.1) is 10.0 Å². The summed E-state index contributed by atoms with van der Waals surface area (Å²) in [5.74, 6) is 6.16. The van der Waals surface area contributed by atoms with Crippen molar-refractivity contribution in [1.29, 1.82) is 0 Å². The minimum absolute atomic E-state index is 0.528. The Bertz CT molecular complexity index is 607. The van der Waals surface area contributed by atoms with E-state index in [1.807, 2.05) is 12.1 Å². The molecular weight excluding hydrogens is 315 g/mol. The maximum absolute atomic E-state index is 6.03. The van der Waals surface area contributed by atoms with Gasteiger partial charge >= 0.3 is 0 Å². The van der Waals surface area contributed by atoms with Crippen LogP contribution in [0.25, 0.3) is 0 Å². The highest BCUT2D eigenvalue weighted by molar-refractivity contribution is 7.99. The van der Waals surface area contributed by atoms with Crippen molar-refractivity contribution in [1.82, 2.24) is 9.97 Å². The number of nitrogen functional groups attached to an aromatic ring is 1. The van der Waals surface area contributed by atoms with Gasteiger partial charge in [0.2, 0.25) is 0 Å². The molecule has 106 valence electrons. The van der Waals surface area contributed by atoms with Gasteiger partial charge in [-0.15, -0.1) is 0 Å². The number of hydrogen-bond donors (Lipinski definition) is 2. The van der Waals surface area contributed by atoms with E-state index in [0.717, 1.165) is 28.3 Å². The summed E-state index contributed by atoms with van der Waals surface area (Å²) in [6.45, 7) is 2.10. The zero-order valence-corrected chi connectivity index (χ0v) is 13.2.